The maximum absolute atomic E-state index is 12.8. The average molecular weight is 319 g/mol. The van der Waals surface area contributed by atoms with Crippen molar-refractivity contribution in [1.29, 1.82) is 0 Å². The summed E-state index contributed by atoms with van der Waals surface area (Å²) in [7, 11) is 0. The van der Waals surface area contributed by atoms with Crippen molar-refractivity contribution in [2.45, 2.75) is 19.0 Å². The third kappa shape index (κ3) is 3.08. The van der Waals surface area contributed by atoms with E-state index in [2.05, 4.69) is 15.1 Å². The van der Waals surface area contributed by atoms with Gasteiger partial charge in [0, 0.05) is 36.4 Å². The standard InChI is InChI=1S/C16H12F3N3O/c17-16(18,19)11-3-1-2-10(8-11)9-14(22-23)12-4-6-20-15-13(12)5-7-21-15/h1-4,6-8,23H,5,9H2/b22-14+. The molecule has 4 nitrogen and oxygen atoms in total. The molecule has 0 radical (unpaired) electrons. The van der Waals surface area contributed by atoms with Crippen LogP contribution in [0.25, 0.3) is 0 Å². The normalized spacial score (nSPS) is 14.1. The fraction of sp³-hybridized carbons (Fsp3) is 0.188. The number of aliphatic imine (C=N–C) groups is 1. The van der Waals surface area contributed by atoms with Crippen molar-refractivity contribution >= 4 is 17.7 Å². The van der Waals surface area contributed by atoms with Crippen molar-refractivity contribution < 1.29 is 18.4 Å². The summed E-state index contributed by atoms with van der Waals surface area (Å²) in [5, 5.41) is 12.6. The highest BCUT2D eigenvalue weighted by molar-refractivity contribution is 6.04. The van der Waals surface area contributed by atoms with Gasteiger partial charge in [0.25, 0.3) is 0 Å². The van der Waals surface area contributed by atoms with Crippen LogP contribution >= 0.6 is 0 Å². The Morgan fingerprint density at radius 1 is 1.26 bits per heavy atom. The molecule has 0 bridgehead atoms. The lowest BCUT2D eigenvalue weighted by Gasteiger charge is -2.11. The average Bonchev–Trinajstić information content (AvgIpc) is 3.01. The molecule has 23 heavy (non-hydrogen) atoms. The van der Waals surface area contributed by atoms with E-state index < -0.39 is 11.7 Å². The summed E-state index contributed by atoms with van der Waals surface area (Å²) in [4.78, 5) is 8.22. The molecule has 2 heterocycles. The second-order valence-electron chi connectivity index (χ2n) is 5.10. The van der Waals surface area contributed by atoms with Gasteiger partial charge in [-0.25, -0.2) is 9.98 Å². The van der Waals surface area contributed by atoms with Gasteiger partial charge in [-0.05, 0) is 17.7 Å². The van der Waals surface area contributed by atoms with Crippen LogP contribution in [-0.4, -0.2) is 22.1 Å². The molecule has 2 aromatic rings. The lowest BCUT2D eigenvalue weighted by atomic mass is 9.97. The molecule has 3 rings (SSSR count). The van der Waals surface area contributed by atoms with Crippen LogP contribution in [0.4, 0.5) is 19.0 Å². The van der Waals surface area contributed by atoms with Gasteiger partial charge in [0.1, 0.15) is 0 Å². The number of aromatic nitrogens is 1. The number of halogens is 3. The molecule has 1 aromatic heterocycles. The van der Waals surface area contributed by atoms with Crippen LogP contribution in [0, 0.1) is 0 Å². The fourth-order valence-electron chi connectivity index (χ4n) is 2.52. The van der Waals surface area contributed by atoms with Gasteiger partial charge in [0.15, 0.2) is 5.82 Å². The molecule has 1 aliphatic rings. The van der Waals surface area contributed by atoms with Crippen LogP contribution in [0.2, 0.25) is 0 Å². The summed E-state index contributed by atoms with van der Waals surface area (Å²) in [6.45, 7) is 0. The van der Waals surface area contributed by atoms with Crippen LogP contribution in [0.3, 0.4) is 0 Å². The van der Waals surface area contributed by atoms with Crippen molar-refractivity contribution in [3.05, 3.63) is 58.8 Å². The third-order valence-electron chi connectivity index (χ3n) is 3.60. The molecule has 0 atom stereocenters. The number of oxime groups is 1. The Kier molecular flexibility index (Phi) is 3.85. The first-order valence-electron chi connectivity index (χ1n) is 6.87. The first kappa shape index (κ1) is 15.2. The van der Waals surface area contributed by atoms with Crippen molar-refractivity contribution in [3.8, 4) is 0 Å². The minimum atomic E-state index is -4.40. The molecule has 1 aromatic carbocycles. The largest absolute Gasteiger partial charge is 0.416 e. The van der Waals surface area contributed by atoms with E-state index in [-0.39, 0.29) is 12.1 Å². The Bertz CT molecular complexity index is 797. The van der Waals surface area contributed by atoms with Gasteiger partial charge in [-0.1, -0.05) is 23.4 Å². The monoisotopic (exact) mass is 319 g/mol. The van der Waals surface area contributed by atoms with E-state index in [0.29, 0.717) is 23.4 Å². The lowest BCUT2D eigenvalue weighted by molar-refractivity contribution is -0.137. The summed E-state index contributed by atoms with van der Waals surface area (Å²) in [5.41, 5.74) is 1.43. The van der Waals surface area contributed by atoms with Crippen molar-refractivity contribution in [2.24, 2.45) is 10.1 Å². The number of hydrogen-bond donors (Lipinski definition) is 1. The van der Waals surface area contributed by atoms with Crippen LogP contribution in [0.5, 0.6) is 0 Å². The van der Waals surface area contributed by atoms with E-state index >= 15 is 0 Å². The van der Waals surface area contributed by atoms with Crippen LogP contribution < -0.4 is 0 Å². The van der Waals surface area contributed by atoms with E-state index in [4.69, 9.17) is 0 Å². The van der Waals surface area contributed by atoms with E-state index in [1.807, 2.05) is 0 Å². The number of pyridine rings is 1. The minimum absolute atomic E-state index is 0.0802. The number of rotatable bonds is 3. The van der Waals surface area contributed by atoms with E-state index in [0.717, 1.165) is 17.7 Å². The third-order valence-corrected chi connectivity index (χ3v) is 3.60. The topological polar surface area (TPSA) is 57.8 Å². The SMILES string of the molecule is O/N=C(\Cc1cccc(C(F)(F)F)c1)c1ccnc2c1CC=N2. The van der Waals surface area contributed by atoms with Gasteiger partial charge in [-0.2, -0.15) is 13.2 Å². The van der Waals surface area contributed by atoms with Crippen LogP contribution in [0.15, 0.2) is 46.7 Å². The number of benzene rings is 1. The maximum Gasteiger partial charge on any atom is 0.416 e. The molecule has 0 aliphatic carbocycles. The van der Waals surface area contributed by atoms with Crippen molar-refractivity contribution in [3.63, 3.8) is 0 Å². The van der Waals surface area contributed by atoms with Crippen LogP contribution in [-0.2, 0) is 19.0 Å². The zero-order valence-corrected chi connectivity index (χ0v) is 11.9. The maximum atomic E-state index is 12.8. The molecule has 118 valence electrons. The molecule has 7 heteroatoms. The first-order chi connectivity index (χ1) is 11.0. The predicted molar refractivity (Wildman–Crippen MR) is 79.6 cm³/mol. The molecule has 0 spiro atoms. The van der Waals surface area contributed by atoms with E-state index in [1.165, 1.54) is 12.3 Å². The molecule has 0 amide bonds. The van der Waals surface area contributed by atoms with E-state index in [1.54, 1.807) is 18.3 Å². The lowest BCUT2D eigenvalue weighted by Crippen LogP contribution is -2.10. The molecule has 1 N–H and O–H groups in total. The van der Waals surface area contributed by atoms with Gasteiger partial charge >= 0.3 is 6.18 Å². The van der Waals surface area contributed by atoms with Gasteiger partial charge < -0.3 is 5.21 Å². The minimum Gasteiger partial charge on any atom is -0.411 e. The summed E-state index contributed by atoms with van der Waals surface area (Å²) < 4.78 is 38.4. The summed E-state index contributed by atoms with van der Waals surface area (Å²) in [6.07, 6.45) is -0.538. The Morgan fingerprint density at radius 3 is 2.83 bits per heavy atom. The molecule has 0 saturated heterocycles. The van der Waals surface area contributed by atoms with Gasteiger partial charge in [-0.3, -0.25) is 0 Å². The highest BCUT2D eigenvalue weighted by atomic mass is 19.4. The van der Waals surface area contributed by atoms with Gasteiger partial charge in [0.05, 0.1) is 11.3 Å². The summed E-state index contributed by atoms with van der Waals surface area (Å²) in [6, 6.07) is 6.65. The zero-order valence-electron chi connectivity index (χ0n) is 11.9. The number of fused-ring (bicyclic) bond motifs is 1. The number of hydrogen-bond acceptors (Lipinski definition) is 4. The summed E-state index contributed by atoms with van der Waals surface area (Å²) in [5.74, 6) is 0.549. The molecule has 0 saturated carbocycles. The van der Waals surface area contributed by atoms with Crippen LogP contribution in [0.1, 0.15) is 22.3 Å². The molecular formula is C16H12F3N3O. The Hall–Kier alpha value is -2.70. The smallest absolute Gasteiger partial charge is 0.411 e. The molecular weight excluding hydrogens is 307 g/mol. The highest BCUT2D eigenvalue weighted by Gasteiger charge is 2.30. The summed E-state index contributed by atoms with van der Waals surface area (Å²) >= 11 is 0. The fourth-order valence-corrected chi connectivity index (χ4v) is 2.52. The second-order valence-corrected chi connectivity index (χ2v) is 5.10. The quantitative estimate of drug-likeness (QED) is 0.532. The molecule has 0 unspecified atom stereocenters. The van der Waals surface area contributed by atoms with E-state index in [9.17, 15) is 18.4 Å². The number of nitrogens with zero attached hydrogens (tertiary/aromatic N) is 3. The van der Waals surface area contributed by atoms with Crippen molar-refractivity contribution in [2.75, 3.05) is 0 Å². The van der Waals surface area contributed by atoms with Gasteiger partial charge in [-0.15, -0.1) is 0 Å². The Balaban J connectivity index is 1.92. The Labute approximate surface area is 130 Å². The Morgan fingerprint density at radius 2 is 2.09 bits per heavy atom. The predicted octanol–water partition coefficient (Wildman–Crippen LogP) is 3.78. The molecule has 0 fully saturated rings. The number of alkyl halides is 3. The zero-order chi connectivity index (χ0) is 16.4. The van der Waals surface area contributed by atoms with Gasteiger partial charge in [0.2, 0.25) is 0 Å². The highest BCUT2D eigenvalue weighted by Crippen LogP contribution is 2.30. The second kappa shape index (κ2) is 5.83. The molecule has 1 aliphatic heterocycles. The van der Waals surface area contributed by atoms with Crippen molar-refractivity contribution in [1.82, 2.24) is 4.98 Å². The first-order valence-corrected chi connectivity index (χ1v) is 6.87.